The first-order valence-corrected chi connectivity index (χ1v) is 6.93. The largest absolute Gasteiger partial charge is 0.360 e. The molecule has 2 rings (SSSR count). The van der Waals surface area contributed by atoms with Gasteiger partial charge in [0.25, 0.3) is 0 Å². The molecule has 0 spiro atoms. The number of anilines is 1. The van der Waals surface area contributed by atoms with Crippen molar-refractivity contribution in [1.82, 2.24) is 20.3 Å². The summed E-state index contributed by atoms with van der Waals surface area (Å²) in [4.78, 5) is 11.7. The normalized spacial score (nSPS) is 12.2. The average molecular weight is 291 g/mol. The number of rotatable bonds is 5. The Morgan fingerprint density at radius 1 is 1.38 bits per heavy atom. The molecule has 0 bridgehead atoms. The van der Waals surface area contributed by atoms with E-state index in [1.165, 1.54) is 0 Å². The number of nitrogens with zero attached hydrogens (tertiary/aromatic N) is 3. The number of nitrogens with one attached hydrogen (secondary N) is 2. The highest BCUT2D eigenvalue weighted by atomic mass is 16.5. The van der Waals surface area contributed by atoms with E-state index in [1.807, 2.05) is 24.6 Å². The molecule has 0 aliphatic heterocycles. The summed E-state index contributed by atoms with van der Waals surface area (Å²) in [6.07, 6.45) is 0. The molecule has 0 saturated heterocycles. The highest BCUT2D eigenvalue weighted by molar-refractivity contribution is 5.88. The van der Waals surface area contributed by atoms with E-state index in [0.717, 1.165) is 17.9 Å². The van der Waals surface area contributed by atoms with Crippen molar-refractivity contribution < 1.29 is 9.32 Å². The second kappa shape index (κ2) is 6.43. The van der Waals surface area contributed by atoms with E-state index in [4.69, 9.17) is 4.52 Å². The van der Waals surface area contributed by atoms with Gasteiger partial charge in [0, 0.05) is 24.8 Å². The van der Waals surface area contributed by atoms with Crippen molar-refractivity contribution in [3.05, 3.63) is 29.3 Å². The van der Waals surface area contributed by atoms with Crippen LogP contribution in [0.4, 0.5) is 10.6 Å². The SMILES string of the molecule is Cc1cc(C)n(CC(C)CNC(=O)Nc2cc(C)on2)n1. The molecule has 0 aliphatic rings. The molecular weight excluding hydrogens is 270 g/mol. The first-order valence-electron chi connectivity index (χ1n) is 6.93. The van der Waals surface area contributed by atoms with Crippen LogP contribution >= 0.6 is 0 Å². The number of hydrogen-bond acceptors (Lipinski definition) is 4. The fraction of sp³-hybridized carbons (Fsp3) is 0.500. The summed E-state index contributed by atoms with van der Waals surface area (Å²) >= 11 is 0. The van der Waals surface area contributed by atoms with Crippen LogP contribution < -0.4 is 10.6 Å². The lowest BCUT2D eigenvalue weighted by Gasteiger charge is -2.14. The summed E-state index contributed by atoms with van der Waals surface area (Å²) in [5, 5.41) is 13.6. The van der Waals surface area contributed by atoms with E-state index in [1.54, 1.807) is 13.0 Å². The summed E-state index contributed by atoms with van der Waals surface area (Å²) in [6.45, 7) is 9.16. The van der Waals surface area contributed by atoms with Crippen LogP contribution in [0.15, 0.2) is 16.7 Å². The van der Waals surface area contributed by atoms with Gasteiger partial charge >= 0.3 is 6.03 Å². The third kappa shape index (κ3) is 4.34. The Morgan fingerprint density at radius 3 is 2.71 bits per heavy atom. The van der Waals surface area contributed by atoms with E-state index in [2.05, 4.69) is 27.8 Å². The minimum atomic E-state index is -0.288. The van der Waals surface area contributed by atoms with Crippen LogP contribution in [0.2, 0.25) is 0 Å². The number of amides is 2. The number of carbonyl (C=O) groups excluding carboxylic acids is 1. The van der Waals surface area contributed by atoms with Gasteiger partial charge in [0.1, 0.15) is 5.76 Å². The molecule has 0 saturated carbocycles. The number of aromatic nitrogens is 3. The van der Waals surface area contributed by atoms with Gasteiger partial charge in [-0.25, -0.2) is 4.79 Å². The molecule has 7 heteroatoms. The van der Waals surface area contributed by atoms with Gasteiger partial charge in [-0.05, 0) is 32.8 Å². The van der Waals surface area contributed by atoms with Gasteiger partial charge in [-0.3, -0.25) is 10.00 Å². The smallest absolute Gasteiger partial charge is 0.320 e. The topological polar surface area (TPSA) is 85.0 Å². The molecule has 0 aromatic carbocycles. The van der Waals surface area contributed by atoms with Gasteiger partial charge < -0.3 is 9.84 Å². The molecule has 0 aliphatic carbocycles. The van der Waals surface area contributed by atoms with Gasteiger partial charge in [0.15, 0.2) is 5.82 Å². The van der Waals surface area contributed by atoms with Crippen molar-refractivity contribution in [2.75, 3.05) is 11.9 Å². The summed E-state index contributed by atoms with van der Waals surface area (Å²) in [5.41, 5.74) is 2.13. The average Bonchev–Trinajstić information content (AvgIpc) is 2.93. The Balaban J connectivity index is 1.77. The van der Waals surface area contributed by atoms with Crippen molar-refractivity contribution in [1.29, 1.82) is 0 Å². The van der Waals surface area contributed by atoms with Gasteiger partial charge in [-0.1, -0.05) is 12.1 Å². The molecule has 7 nitrogen and oxygen atoms in total. The van der Waals surface area contributed by atoms with Crippen LogP contribution in [0.1, 0.15) is 24.1 Å². The molecule has 2 N–H and O–H groups in total. The van der Waals surface area contributed by atoms with Crippen molar-refractivity contribution in [2.24, 2.45) is 5.92 Å². The molecule has 2 aromatic heterocycles. The summed E-state index contributed by atoms with van der Waals surface area (Å²) in [5.74, 6) is 1.34. The molecule has 0 radical (unpaired) electrons. The van der Waals surface area contributed by atoms with E-state index >= 15 is 0 Å². The molecule has 0 fully saturated rings. The second-order valence-corrected chi connectivity index (χ2v) is 5.37. The maximum atomic E-state index is 11.7. The summed E-state index contributed by atoms with van der Waals surface area (Å²) in [6, 6.07) is 3.42. The van der Waals surface area contributed by atoms with Crippen molar-refractivity contribution in [3.63, 3.8) is 0 Å². The zero-order chi connectivity index (χ0) is 15.4. The Kier molecular flexibility index (Phi) is 4.62. The lowest BCUT2D eigenvalue weighted by molar-refractivity contribution is 0.249. The number of carbonyl (C=O) groups is 1. The van der Waals surface area contributed by atoms with Crippen LogP contribution in [0.25, 0.3) is 0 Å². The van der Waals surface area contributed by atoms with Crippen molar-refractivity contribution in [3.8, 4) is 0 Å². The second-order valence-electron chi connectivity index (χ2n) is 5.37. The number of hydrogen-bond donors (Lipinski definition) is 2. The zero-order valence-electron chi connectivity index (χ0n) is 12.8. The highest BCUT2D eigenvalue weighted by Gasteiger charge is 2.10. The molecule has 2 heterocycles. The van der Waals surface area contributed by atoms with Crippen molar-refractivity contribution >= 4 is 11.8 Å². The van der Waals surface area contributed by atoms with Gasteiger partial charge in [0.2, 0.25) is 0 Å². The quantitative estimate of drug-likeness (QED) is 0.884. The van der Waals surface area contributed by atoms with Gasteiger partial charge in [0.05, 0.1) is 5.69 Å². The maximum Gasteiger partial charge on any atom is 0.320 e. The molecule has 2 aromatic rings. The summed E-state index contributed by atoms with van der Waals surface area (Å²) < 4.78 is 6.84. The van der Waals surface area contributed by atoms with Gasteiger partial charge in [-0.15, -0.1) is 0 Å². The van der Waals surface area contributed by atoms with Crippen LogP contribution in [-0.2, 0) is 6.54 Å². The van der Waals surface area contributed by atoms with E-state index in [0.29, 0.717) is 18.1 Å². The van der Waals surface area contributed by atoms with Crippen LogP contribution in [0, 0.1) is 26.7 Å². The van der Waals surface area contributed by atoms with Crippen molar-refractivity contribution in [2.45, 2.75) is 34.2 Å². The molecule has 1 unspecified atom stereocenters. The Morgan fingerprint density at radius 2 is 2.14 bits per heavy atom. The fourth-order valence-electron chi connectivity index (χ4n) is 2.07. The monoisotopic (exact) mass is 291 g/mol. The minimum Gasteiger partial charge on any atom is -0.360 e. The number of urea groups is 1. The van der Waals surface area contributed by atoms with Crippen LogP contribution in [-0.4, -0.2) is 27.5 Å². The third-order valence-electron chi connectivity index (χ3n) is 3.07. The predicted molar refractivity (Wildman–Crippen MR) is 79.1 cm³/mol. The molecule has 2 amide bonds. The lowest BCUT2D eigenvalue weighted by atomic mass is 10.2. The predicted octanol–water partition coefficient (Wildman–Crippen LogP) is 2.25. The van der Waals surface area contributed by atoms with E-state index in [9.17, 15) is 4.79 Å². The number of aryl methyl sites for hydroxylation is 3. The van der Waals surface area contributed by atoms with Gasteiger partial charge in [-0.2, -0.15) is 5.10 Å². The summed E-state index contributed by atoms with van der Waals surface area (Å²) in [7, 11) is 0. The Labute approximate surface area is 123 Å². The molecule has 114 valence electrons. The van der Waals surface area contributed by atoms with Crippen LogP contribution in [0.5, 0.6) is 0 Å². The Hall–Kier alpha value is -2.31. The lowest BCUT2D eigenvalue weighted by Crippen LogP contribution is -2.33. The maximum absolute atomic E-state index is 11.7. The van der Waals surface area contributed by atoms with Crippen LogP contribution in [0.3, 0.4) is 0 Å². The molecular formula is C14H21N5O2. The molecule has 1 atom stereocenters. The molecule has 21 heavy (non-hydrogen) atoms. The first-order chi connectivity index (χ1) is 9.94. The van der Waals surface area contributed by atoms with E-state index in [-0.39, 0.29) is 11.9 Å². The van der Waals surface area contributed by atoms with E-state index < -0.39 is 0 Å². The standard InChI is InChI=1S/C14H21N5O2/c1-9(8-19-11(3)5-10(2)17-19)7-15-14(20)16-13-6-12(4)21-18-13/h5-6,9H,7-8H2,1-4H3,(H2,15,16,18,20). The first kappa shape index (κ1) is 15.1. The Bertz CT molecular complexity index is 617. The fourth-order valence-corrected chi connectivity index (χ4v) is 2.07. The zero-order valence-corrected chi connectivity index (χ0v) is 12.8. The third-order valence-corrected chi connectivity index (χ3v) is 3.07. The minimum absolute atomic E-state index is 0.271. The highest BCUT2D eigenvalue weighted by Crippen LogP contribution is 2.07.